The van der Waals surface area contributed by atoms with Gasteiger partial charge in [0.2, 0.25) is 5.82 Å². The van der Waals surface area contributed by atoms with Crippen LogP contribution in [0.2, 0.25) is 5.02 Å². The van der Waals surface area contributed by atoms with Gasteiger partial charge in [0.1, 0.15) is 0 Å². The summed E-state index contributed by atoms with van der Waals surface area (Å²) in [6.07, 6.45) is -3.23. The normalized spacial score (nSPS) is 11.9. The SMILES string of the molecule is Fc1c(F)c(F)c(-c2cccn2-c2ncc(C(F)(F)F)cc2Cl)c(F)c1F. The van der Waals surface area contributed by atoms with Gasteiger partial charge in [-0.1, -0.05) is 11.6 Å². The third kappa shape index (κ3) is 3.14. The number of halogens is 9. The monoisotopic (exact) mass is 412 g/mol. The molecule has 0 bridgehead atoms. The molecule has 0 radical (unpaired) electrons. The topological polar surface area (TPSA) is 17.8 Å². The van der Waals surface area contributed by atoms with Crippen LogP contribution in [0.15, 0.2) is 30.6 Å². The van der Waals surface area contributed by atoms with Crippen LogP contribution >= 0.6 is 11.6 Å². The average Bonchev–Trinajstić information content (AvgIpc) is 3.06. The first-order valence-electron chi connectivity index (χ1n) is 6.96. The van der Waals surface area contributed by atoms with E-state index in [4.69, 9.17) is 11.6 Å². The number of alkyl halides is 3. The Morgan fingerprint density at radius 1 is 0.889 bits per heavy atom. The van der Waals surface area contributed by atoms with Crippen molar-refractivity contribution in [3.63, 3.8) is 0 Å². The van der Waals surface area contributed by atoms with Gasteiger partial charge in [0.05, 0.1) is 21.8 Å². The van der Waals surface area contributed by atoms with Crippen molar-refractivity contribution in [2.24, 2.45) is 0 Å². The van der Waals surface area contributed by atoms with E-state index >= 15 is 0 Å². The number of hydrogen-bond donors (Lipinski definition) is 0. The zero-order valence-electron chi connectivity index (χ0n) is 12.7. The number of aromatic nitrogens is 2. The molecule has 0 fully saturated rings. The van der Waals surface area contributed by atoms with E-state index in [2.05, 4.69) is 4.98 Å². The Balaban J connectivity index is 2.23. The van der Waals surface area contributed by atoms with E-state index in [0.717, 1.165) is 16.8 Å². The van der Waals surface area contributed by atoms with Crippen molar-refractivity contribution in [3.8, 4) is 17.1 Å². The summed E-state index contributed by atoms with van der Waals surface area (Å²) in [4.78, 5) is 3.50. The molecule has 0 saturated heterocycles. The minimum atomic E-state index is -4.74. The van der Waals surface area contributed by atoms with Gasteiger partial charge in [-0.2, -0.15) is 13.2 Å². The maximum atomic E-state index is 14.0. The van der Waals surface area contributed by atoms with Crippen molar-refractivity contribution in [3.05, 3.63) is 70.3 Å². The van der Waals surface area contributed by atoms with Gasteiger partial charge in [-0.05, 0) is 18.2 Å². The molecule has 142 valence electrons. The highest BCUT2D eigenvalue weighted by molar-refractivity contribution is 6.32. The molecular formula is C16H5ClF8N2. The highest BCUT2D eigenvalue weighted by Gasteiger charge is 2.32. The third-order valence-electron chi connectivity index (χ3n) is 3.59. The maximum absolute atomic E-state index is 14.0. The predicted octanol–water partition coefficient (Wildman–Crippen LogP) is 5.91. The second kappa shape index (κ2) is 6.52. The standard InChI is InChI=1S/C16H5ClF8N2/c17-7-4-6(16(23,24)25)5-26-15(7)27-3-1-2-8(27)9-10(18)12(20)14(22)13(21)11(9)19/h1-5H. The highest BCUT2D eigenvalue weighted by Crippen LogP contribution is 2.36. The van der Waals surface area contributed by atoms with Gasteiger partial charge in [-0.15, -0.1) is 0 Å². The first kappa shape index (κ1) is 19.2. The molecule has 0 N–H and O–H groups in total. The summed E-state index contributed by atoms with van der Waals surface area (Å²) >= 11 is 5.77. The Labute approximate surface area is 150 Å². The van der Waals surface area contributed by atoms with E-state index in [-0.39, 0.29) is 0 Å². The Bertz CT molecular complexity index is 1010. The van der Waals surface area contributed by atoms with Gasteiger partial charge < -0.3 is 0 Å². The molecule has 0 amide bonds. The smallest absolute Gasteiger partial charge is 0.300 e. The number of benzene rings is 1. The summed E-state index contributed by atoms with van der Waals surface area (Å²) in [5.74, 6) is -11.3. The molecule has 0 spiro atoms. The molecule has 0 aliphatic carbocycles. The van der Waals surface area contributed by atoms with Crippen molar-refractivity contribution in [1.82, 2.24) is 9.55 Å². The summed E-state index contributed by atoms with van der Waals surface area (Å²) in [6, 6.07) is 2.68. The fourth-order valence-electron chi connectivity index (χ4n) is 2.36. The van der Waals surface area contributed by atoms with Gasteiger partial charge in [-0.25, -0.2) is 26.9 Å². The highest BCUT2D eigenvalue weighted by atomic mass is 35.5. The van der Waals surface area contributed by atoms with Crippen LogP contribution in [0.1, 0.15) is 5.56 Å². The lowest BCUT2D eigenvalue weighted by molar-refractivity contribution is -0.137. The molecule has 0 unspecified atom stereocenters. The quantitative estimate of drug-likeness (QED) is 0.291. The number of pyridine rings is 1. The van der Waals surface area contributed by atoms with E-state index in [0.29, 0.717) is 12.3 Å². The molecule has 2 heterocycles. The van der Waals surface area contributed by atoms with E-state index in [1.54, 1.807) is 0 Å². The van der Waals surface area contributed by atoms with Gasteiger partial charge in [0.25, 0.3) is 0 Å². The first-order valence-corrected chi connectivity index (χ1v) is 7.34. The zero-order valence-corrected chi connectivity index (χ0v) is 13.4. The van der Waals surface area contributed by atoms with Gasteiger partial charge in [-0.3, -0.25) is 4.57 Å². The summed E-state index contributed by atoms with van der Waals surface area (Å²) in [5, 5.41) is -0.550. The molecule has 0 saturated carbocycles. The number of rotatable bonds is 2. The van der Waals surface area contributed by atoms with E-state index in [9.17, 15) is 35.1 Å². The first-order chi connectivity index (χ1) is 12.5. The molecule has 0 aliphatic rings. The molecule has 27 heavy (non-hydrogen) atoms. The summed E-state index contributed by atoms with van der Waals surface area (Å²) in [7, 11) is 0. The second-order valence-corrected chi connectivity index (χ2v) is 5.64. The molecule has 11 heteroatoms. The van der Waals surface area contributed by atoms with Crippen molar-refractivity contribution < 1.29 is 35.1 Å². The predicted molar refractivity (Wildman–Crippen MR) is 78.8 cm³/mol. The van der Waals surface area contributed by atoms with Gasteiger partial charge >= 0.3 is 6.18 Å². The maximum Gasteiger partial charge on any atom is 0.417 e. The van der Waals surface area contributed by atoms with Crippen LogP contribution in [0.3, 0.4) is 0 Å². The van der Waals surface area contributed by atoms with Crippen LogP contribution in [0.5, 0.6) is 0 Å². The van der Waals surface area contributed by atoms with Crippen LogP contribution in [-0.4, -0.2) is 9.55 Å². The van der Waals surface area contributed by atoms with Crippen molar-refractivity contribution in [1.29, 1.82) is 0 Å². The largest absolute Gasteiger partial charge is 0.417 e. The fourth-order valence-corrected chi connectivity index (χ4v) is 2.62. The molecule has 3 aromatic rings. The Kier molecular flexibility index (Phi) is 4.62. The summed E-state index contributed by atoms with van der Waals surface area (Å²) < 4.78 is 107. The van der Waals surface area contributed by atoms with Crippen molar-refractivity contribution in [2.45, 2.75) is 6.18 Å². The van der Waals surface area contributed by atoms with E-state index in [1.807, 2.05) is 0 Å². The number of nitrogens with zero attached hydrogens (tertiary/aromatic N) is 2. The van der Waals surface area contributed by atoms with Crippen molar-refractivity contribution in [2.75, 3.05) is 0 Å². The average molecular weight is 413 g/mol. The Hall–Kier alpha value is -2.62. The Morgan fingerprint density at radius 2 is 1.44 bits per heavy atom. The van der Waals surface area contributed by atoms with Crippen molar-refractivity contribution >= 4 is 11.6 Å². The lowest BCUT2D eigenvalue weighted by atomic mass is 10.1. The van der Waals surface area contributed by atoms with Crippen LogP contribution in [0, 0.1) is 29.1 Å². The van der Waals surface area contributed by atoms with Crippen LogP contribution in [0.4, 0.5) is 35.1 Å². The van der Waals surface area contributed by atoms with Crippen LogP contribution < -0.4 is 0 Å². The third-order valence-corrected chi connectivity index (χ3v) is 3.87. The molecule has 0 aliphatic heterocycles. The van der Waals surface area contributed by atoms with E-state index < -0.39 is 62.9 Å². The second-order valence-electron chi connectivity index (χ2n) is 5.24. The summed E-state index contributed by atoms with van der Waals surface area (Å²) in [6.45, 7) is 0. The lowest BCUT2D eigenvalue weighted by Crippen LogP contribution is -2.09. The number of hydrogen-bond acceptors (Lipinski definition) is 1. The molecule has 1 aromatic carbocycles. The lowest BCUT2D eigenvalue weighted by Gasteiger charge is -2.14. The molecule has 3 rings (SSSR count). The van der Waals surface area contributed by atoms with Crippen LogP contribution in [-0.2, 0) is 6.18 Å². The molecule has 0 atom stereocenters. The molecule has 2 aromatic heterocycles. The molecule has 2 nitrogen and oxygen atoms in total. The zero-order chi connectivity index (χ0) is 20.1. The van der Waals surface area contributed by atoms with Gasteiger partial charge in [0.15, 0.2) is 29.1 Å². The van der Waals surface area contributed by atoms with Gasteiger partial charge in [0, 0.05) is 12.4 Å². The Morgan fingerprint density at radius 3 is 1.96 bits per heavy atom. The van der Waals surface area contributed by atoms with E-state index in [1.165, 1.54) is 6.07 Å². The minimum absolute atomic E-state index is 0.395. The summed E-state index contributed by atoms with van der Waals surface area (Å²) in [5.41, 5.74) is -2.99. The fraction of sp³-hybridized carbons (Fsp3) is 0.0625. The minimum Gasteiger partial charge on any atom is -0.300 e. The molecular weight excluding hydrogens is 408 g/mol. The van der Waals surface area contributed by atoms with Crippen LogP contribution in [0.25, 0.3) is 17.1 Å².